The second kappa shape index (κ2) is 9.30. The molecule has 1 N–H and O–H groups in total. The highest BCUT2D eigenvalue weighted by molar-refractivity contribution is 9.10. The van der Waals surface area contributed by atoms with Crippen LogP contribution in [0.5, 0.6) is 0 Å². The van der Waals surface area contributed by atoms with Gasteiger partial charge in [0.15, 0.2) is 0 Å². The molecule has 0 bridgehead atoms. The highest BCUT2D eigenvalue weighted by Gasteiger charge is 2.44. The topological polar surface area (TPSA) is 74.1 Å². The summed E-state index contributed by atoms with van der Waals surface area (Å²) in [5, 5.41) is 13.3. The number of benzene rings is 2. The van der Waals surface area contributed by atoms with Crippen LogP contribution in [-0.4, -0.2) is 56.0 Å². The van der Waals surface area contributed by atoms with Crippen molar-refractivity contribution in [3.63, 3.8) is 0 Å². The Balaban J connectivity index is 1.72. The summed E-state index contributed by atoms with van der Waals surface area (Å²) in [6.07, 6.45) is 0. The van der Waals surface area contributed by atoms with Crippen LogP contribution < -0.4 is 10.0 Å². The molecule has 2 saturated heterocycles. The minimum atomic E-state index is -0.836. The first-order valence-corrected chi connectivity index (χ1v) is 10.9. The number of ketones is 1. The first kappa shape index (κ1) is 21.7. The average molecular weight is 489 g/mol. The Bertz CT molecular complexity index is 1000. The predicted octanol–water partition coefficient (Wildman–Crippen LogP) is 0.727. The van der Waals surface area contributed by atoms with Crippen LogP contribution in [0.25, 0.3) is 5.76 Å². The fourth-order valence-electron chi connectivity index (χ4n) is 4.04. The number of hydrogen-bond donors (Lipinski definition) is 1. The summed E-state index contributed by atoms with van der Waals surface area (Å²) in [5.74, 6) is -2.40. The van der Waals surface area contributed by atoms with E-state index in [4.69, 9.17) is 4.74 Å². The third-order valence-electron chi connectivity index (χ3n) is 5.73. The van der Waals surface area contributed by atoms with Gasteiger partial charge in [0.2, 0.25) is 5.78 Å². The molecule has 0 radical (unpaired) electrons. The Hall–Kier alpha value is -2.55. The maximum atomic E-state index is 13.5. The number of carbonyl (C=O) groups is 2. The summed E-state index contributed by atoms with van der Waals surface area (Å²) in [6, 6.07) is 11.4. The Morgan fingerprint density at radius 2 is 1.74 bits per heavy atom. The number of nitrogens with zero attached hydrogens (tertiary/aromatic N) is 1. The molecular formula is C23H22BrFN2O4. The van der Waals surface area contributed by atoms with Gasteiger partial charge in [-0.1, -0.05) is 46.0 Å². The smallest absolute Gasteiger partial charge is 0.295 e. The lowest BCUT2D eigenvalue weighted by atomic mass is 9.95. The van der Waals surface area contributed by atoms with E-state index in [0.29, 0.717) is 37.4 Å². The summed E-state index contributed by atoms with van der Waals surface area (Å²) in [7, 11) is 0. The zero-order valence-electron chi connectivity index (χ0n) is 16.8. The highest BCUT2D eigenvalue weighted by atomic mass is 79.9. The molecular weight excluding hydrogens is 467 g/mol. The van der Waals surface area contributed by atoms with E-state index in [1.54, 1.807) is 24.3 Å². The number of rotatable bonds is 5. The Morgan fingerprint density at radius 3 is 2.39 bits per heavy atom. The van der Waals surface area contributed by atoms with E-state index in [2.05, 4.69) is 15.9 Å². The molecule has 162 valence electrons. The third kappa shape index (κ3) is 4.56. The van der Waals surface area contributed by atoms with Crippen molar-refractivity contribution in [1.82, 2.24) is 4.90 Å². The van der Waals surface area contributed by atoms with Gasteiger partial charge in [-0.3, -0.25) is 9.59 Å². The number of carbonyl (C=O) groups excluding carboxylic acids is 2. The molecule has 8 heteroatoms. The van der Waals surface area contributed by atoms with Crippen LogP contribution in [0.15, 0.2) is 58.6 Å². The number of hydrogen-bond acceptors (Lipinski definition) is 4. The molecule has 1 unspecified atom stereocenters. The lowest BCUT2D eigenvalue weighted by Gasteiger charge is -2.30. The summed E-state index contributed by atoms with van der Waals surface area (Å²) >= 11 is 3.33. The molecule has 2 heterocycles. The Morgan fingerprint density at radius 1 is 1.10 bits per heavy atom. The Labute approximate surface area is 188 Å². The largest absolute Gasteiger partial charge is 0.872 e. The van der Waals surface area contributed by atoms with Gasteiger partial charge in [0.25, 0.3) is 5.91 Å². The number of amides is 1. The summed E-state index contributed by atoms with van der Waals surface area (Å²) < 4.78 is 19.7. The van der Waals surface area contributed by atoms with Crippen molar-refractivity contribution in [2.24, 2.45) is 0 Å². The predicted molar refractivity (Wildman–Crippen MR) is 113 cm³/mol. The number of Topliss-reactive ketones (excluding diaryl/α,β-unsaturated/α-hetero) is 1. The van der Waals surface area contributed by atoms with Gasteiger partial charge in [0, 0.05) is 10.0 Å². The van der Waals surface area contributed by atoms with Gasteiger partial charge in [-0.25, -0.2) is 4.39 Å². The van der Waals surface area contributed by atoms with Crippen molar-refractivity contribution in [2.45, 2.75) is 6.04 Å². The zero-order chi connectivity index (χ0) is 22.0. The third-order valence-corrected chi connectivity index (χ3v) is 6.26. The second-order valence-electron chi connectivity index (χ2n) is 7.64. The Kier molecular flexibility index (Phi) is 6.50. The van der Waals surface area contributed by atoms with Crippen molar-refractivity contribution in [2.75, 3.05) is 39.4 Å². The summed E-state index contributed by atoms with van der Waals surface area (Å²) in [4.78, 5) is 28.6. The van der Waals surface area contributed by atoms with Gasteiger partial charge in [0.1, 0.15) is 18.9 Å². The number of ether oxygens (including phenoxy) is 1. The van der Waals surface area contributed by atoms with Gasteiger partial charge in [-0.05, 0) is 35.4 Å². The zero-order valence-corrected chi connectivity index (χ0v) is 18.4. The van der Waals surface area contributed by atoms with E-state index in [1.165, 1.54) is 34.1 Å². The molecule has 31 heavy (non-hydrogen) atoms. The molecule has 2 fully saturated rings. The quantitative estimate of drug-likeness (QED) is 0.382. The summed E-state index contributed by atoms with van der Waals surface area (Å²) in [6.45, 7) is 3.92. The van der Waals surface area contributed by atoms with E-state index in [-0.39, 0.29) is 5.57 Å². The van der Waals surface area contributed by atoms with Crippen molar-refractivity contribution in [1.29, 1.82) is 0 Å². The minimum absolute atomic E-state index is 0.0871. The molecule has 6 nitrogen and oxygen atoms in total. The van der Waals surface area contributed by atoms with Crippen molar-refractivity contribution < 1.29 is 28.7 Å². The van der Waals surface area contributed by atoms with Gasteiger partial charge >= 0.3 is 0 Å². The molecule has 2 aliphatic heterocycles. The van der Waals surface area contributed by atoms with E-state index < -0.39 is 29.3 Å². The fraction of sp³-hybridized carbons (Fsp3) is 0.304. The number of likely N-dealkylation sites (tertiary alicyclic amines) is 1. The van der Waals surface area contributed by atoms with Crippen LogP contribution in [0.2, 0.25) is 0 Å². The van der Waals surface area contributed by atoms with Crippen LogP contribution in [0.1, 0.15) is 17.2 Å². The molecule has 2 aromatic rings. The van der Waals surface area contributed by atoms with Crippen molar-refractivity contribution >= 4 is 33.4 Å². The highest BCUT2D eigenvalue weighted by Crippen LogP contribution is 2.38. The molecule has 0 aromatic heterocycles. The van der Waals surface area contributed by atoms with Crippen LogP contribution in [-0.2, 0) is 14.3 Å². The number of morpholine rings is 1. The lowest BCUT2D eigenvalue weighted by Crippen LogP contribution is -3.14. The average Bonchev–Trinajstić information content (AvgIpc) is 3.04. The van der Waals surface area contributed by atoms with Crippen LogP contribution in [0, 0.1) is 5.82 Å². The molecule has 1 atom stereocenters. The molecule has 4 rings (SSSR count). The van der Waals surface area contributed by atoms with E-state index in [0.717, 1.165) is 17.6 Å². The van der Waals surface area contributed by atoms with Gasteiger partial charge < -0.3 is 19.6 Å². The molecule has 2 aromatic carbocycles. The molecule has 0 aliphatic carbocycles. The fourth-order valence-corrected chi connectivity index (χ4v) is 4.30. The maximum Gasteiger partial charge on any atom is 0.295 e. The molecule has 2 aliphatic rings. The van der Waals surface area contributed by atoms with Crippen LogP contribution >= 0.6 is 15.9 Å². The van der Waals surface area contributed by atoms with Gasteiger partial charge in [-0.15, -0.1) is 0 Å². The van der Waals surface area contributed by atoms with E-state index >= 15 is 0 Å². The van der Waals surface area contributed by atoms with Gasteiger partial charge in [0.05, 0.1) is 32.3 Å². The number of halogens is 2. The second-order valence-corrected chi connectivity index (χ2v) is 8.56. The molecule has 0 spiro atoms. The first-order valence-electron chi connectivity index (χ1n) is 10.1. The molecule has 0 saturated carbocycles. The monoisotopic (exact) mass is 488 g/mol. The van der Waals surface area contributed by atoms with Gasteiger partial charge in [-0.2, -0.15) is 0 Å². The van der Waals surface area contributed by atoms with E-state index in [1.807, 2.05) is 0 Å². The number of quaternary nitrogens is 1. The standard InChI is InChI=1S/C23H22BrFN2O4/c24-17-5-1-16(2-6-17)21(28)19-20(15-3-7-18(25)8-4-15)27(23(30)22(19)29)10-9-26-11-13-31-14-12-26/h1-8,20,28H,9-14H2/b21-19+. The van der Waals surface area contributed by atoms with Crippen molar-refractivity contribution in [3.05, 3.63) is 75.5 Å². The van der Waals surface area contributed by atoms with Crippen LogP contribution in [0.4, 0.5) is 4.39 Å². The normalized spacial score (nSPS) is 21.6. The SMILES string of the molecule is O=C1C(=O)N(CC[NH+]2CCOCC2)C(c2ccc(F)cc2)/C1=C(\[O-])c1ccc(Br)cc1. The van der Waals surface area contributed by atoms with Crippen molar-refractivity contribution in [3.8, 4) is 0 Å². The molecule has 1 amide bonds. The van der Waals surface area contributed by atoms with Crippen LogP contribution in [0.3, 0.4) is 0 Å². The number of nitrogens with one attached hydrogen (secondary N) is 1. The maximum absolute atomic E-state index is 13.5. The lowest BCUT2D eigenvalue weighted by molar-refractivity contribution is -0.907. The first-order chi connectivity index (χ1) is 15.0. The van der Waals surface area contributed by atoms with E-state index in [9.17, 15) is 19.1 Å². The summed E-state index contributed by atoms with van der Waals surface area (Å²) in [5.41, 5.74) is 0.779. The minimum Gasteiger partial charge on any atom is -0.872 e.